The van der Waals surface area contributed by atoms with E-state index in [9.17, 15) is 4.79 Å². The maximum absolute atomic E-state index is 11.4. The van der Waals surface area contributed by atoms with Crippen LogP contribution in [0.4, 0.5) is 22.1 Å². The predicted octanol–water partition coefficient (Wildman–Crippen LogP) is 2.12. The van der Waals surface area contributed by atoms with Crippen molar-refractivity contribution in [2.75, 3.05) is 36.4 Å². The lowest BCUT2D eigenvalue weighted by Crippen LogP contribution is -2.38. The Balaban J connectivity index is 1.77. The first-order valence-corrected chi connectivity index (χ1v) is 8.09. The topological polar surface area (TPSA) is 87.4 Å². The Bertz CT molecular complexity index is 705. The summed E-state index contributed by atoms with van der Waals surface area (Å²) < 4.78 is 0. The first kappa shape index (κ1) is 16.0. The summed E-state index contributed by atoms with van der Waals surface area (Å²) in [6, 6.07) is 11.5. The van der Waals surface area contributed by atoms with E-state index in [0.717, 1.165) is 30.3 Å². The number of hydrogen-bond acceptors (Lipinski definition) is 5. The highest BCUT2D eigenvalue weighted by Gasteiger charge is 2.18. The molecule has 0 atom stereocenters. The summed E-state index contributed by atoms with van der Waals surface area (Å²) >= 11 is 0. The van der Waals surface area contributed by atoms with Crippen molar-refractivity contribution in [3.05, 3.63) is 42.2 Å². The van der Waals surface area contributed by atoms with Gasteiger partial charge in [-0.15, -0.1) is 0 Å². The zero-order chi connectivity index (χ0) is 16.9. The quantitative estimate of drug-likeness (QED) is 0.902. The van der Waals surface area contributed by atoms with Crippen LogP contribution >= 0.6 is 0 Å². The number of anilines is 3. The number of aromatic nitrogens is 2. The average molecular weight is 326 g/mol. The molecule has 24 heavy (non-hydrogen) atoms. The van der Waals surface area contributed by atoms with E-state index < -0.39 is 0 Å². The molecule has 1 aliphatic heterocycles. The molecule has 0 spiro atoms. The maximum Gasteiger partial charge on any atom is 0.314 e. The molecule has 2 heterocycles. The molecule has 3 N–H and O–H groups in total. The van der Waals surface area contributed by atoms with Crippen LogP contribution in [0.3, 0.4) is 0 Å². The van der Waals surface area contributed by atoms with Gasteiger partial charge in [-0.25, -0.2) is 14.8 Å². The van der Waals surface area contributed by atoms with Gasteiger partial charge in [0.2, 0.25) is 0 Å². The largest absolute Gasteiger partial charge is 0.355 e. The van der Waals surface area contributed by atoms with Gasteiger partial charge in [0, 0.05) is 37.9 Å². The fraction of sp³-hybridized carbons (Fsp3) is 0.353. The number of nitrogens with two attached hydrogens (primary N) is 1. The number of urea groups is 1. The standard InChI is InChI=1S/C17H22N6O/c1-13-19-15(21-14-6-3-2-4-7-14)12-16(20-13)22-8-5-9-23(11-10-22)17(18)24/h2-4,6-7,12H,5,8-11H2,1H3,(H2,18,24)(H,19,20,21). The van der Waals surface area contributed by atoms with Gasteiger partial charge in [-0.3, -0.25) is 0 Å². The number of nitrogens with zero attached hydrogens (tertiary/aromatic N) is 4. The summed E-state index contributed by atoms with van der Waals surface area (Å²) in [7, 11) is 0. The number of primary amides is 1. The van der Waals surface area contributed by atoms with Crippen molar-refractivity contribution in [2.45, 2.75) is 13.3 Å². The van der Waals surface area contributed by atoms with Gasteiger partial charge >= 0.3 is 6.03 Å². The molecular weight excluding hydrogens is 304 g/mol. The van der Waals surface area contributed by atoms with Crippen molar-refractivity contribution in [3.63, 3.8) is 0 Å². The Morgan fingerprint density at radius 1 is 1.12 bits per heavy atom. The van der Waals surface area contributed by atoms with Crippen LogP contribution in [-0.4, -0.2) is 47.1 Å². The highest BCUT2D eigenvalue weighted by atomic mass is 16.2. The number of rotatable bonds is 3. The first-order chi connectivity index (χ1) is 11.6. The Morgan fingerprint density at radius 3 is 2.67 bits per heavy atom. The van der Waals surface area contributed by atoms with E-state index in [1.807, 2.05) is 43.3 Å². The maximum atomic E-state index is 11.4. The highest BCUT2D eigenvalue weighted by molar-refractivity contribution is 5.72. The van der Waals surface area contributed by atoms with Crippen LogP contribution in [0.2, 0.25) is 0 Å². The van der Waals surface area contributed by atoms with Gasteiger partial charge in [0.25, 0.3) is 0 Å². The minimum atomic E-state index is -0.359. The number of carbonyl (C=O) groups excluding carboxylic acids is 1. The van der Waals surface area contributed by atoms with E-state index in [2.05, 4.69) is 20.2 Å². The summed E-state index contributed by atoms with van der Waals surface area (Å²) in [5, 5.41) is 3.30. The van der Waals surface area contributed by atoms with E-state index in [4.69, 9.17) is 5.73 Å². The number of amides is 2. The van der Waals surface area contributed by atoms with Crippen LogP contribution in [0.25, 0.3) is 0 Å². The summed E-state index contributed by atoms with van der Waals surface area (Å²) in [6.45, 7) is 4.73. The molecule has 1 aromatic heterocycles. The third kappa shape index (κ3) is 3.92. The molecule has 0 aliphatic carbocycles. The Morgan fingerprint density at radius 2 is 1.92 bits per heavy atom. The van der Waals surface area contributed by atoms with Gasteiger partial charge in [-0.1, -0.05) is 18.2 Å². The van der Waals surface area contributed by atoms with E-state index in [0.29, 0.717) is 25.5 Å². The molecule has 0 bridgehead atoms. The lowest BCUT2D eigenvalue weighted by molar-refractivity contribution is 0.211. The number of carbonyl (C=O) groups is 1. The monoisotopic (exact) mass is 326 g/mol. The minimum absolute atomic E-state index is 0.359. The SMILES string of the molecule is Cc1nc(Nc2ccccc2)cc(N2CCCN(C(N)=O)CC2)n1. The summed E-state index contributed by atoms with van der Waals surface area (Å²) in [5.41, 5.74) is 6.37. The van der Waals surface area contributed by atoms with Crippen LogP contribution in [0.5, 0.6) is 0 Å². The molecule has 7 heteroatoms. The molecule has 126 valence electrons. The van der Waals surface area contributed by atoms with Crippen LogP contribution in [-0.2, 0) is 0 Å². The molecule has 2 amide bonds. The average Bonchev–Trinajstić information content (AvgIpc) is 2.81. The zero-order valence-electron chi connectivity index (χ0n) is 13.8. The minimum Gasteiger partial charge on any atom is -0.355 e. The molecule has 1 aromatic carbocycles. The van der Waals surface area contributed by atoms with Gasteiger partial charge in [0.1, 0.15) is 17.5 Å². The third-order valence-electron chi connectivity index (χ3n) is 4.00. The molecule has 3 rings (SSSR count). The lowest BCUT2D eigenvalue weighted by atomic mass is 10.3. The smallest absolute Gasteiger partial charge is 0.314 e. The molecule has 1 saturated heterocycles. The van der Waals surface area contributed by atoms with Crippen molar-refractivity contribution in [1.82, 2.24) is 14.9 Å². The molecule has 0 saturated carbocycles. The number of nitrogens with one attached hydrogen (secondary N) is 1. The Labute approximate surface area is 141 Å². The van der Waals surface area contributed by atoms with Crippen LogP contribution < -0.4 is 16.0 Å². The highest BCUT2D eigenvalue weighted by Crippen LogP contribution is 2.20. The normalized spacial score (nSPS) is 15.0. The van der Waals surface area contributed by atoms with Gasteiger partial charge in [0.05, 0.1) is 0 Å². The number of benzene rings is 1. The van der Waals surface area contributed by atoms with Gasteiger partial charge in [-0.2, -0.15) is 0 Å². The van der Waals surface area contributed by atoms with E-state index >= 15 is 0 Å². The second-order valence-electron chi connectivity index (χ2n) is 5.82. The molecule has 7 nitrogen and oxygen atoms in total. The Kier molecular flexibility index (Phi) is 4.79. The lowest BCUT2D eigenvalue weighted by Gasteiger charge is -2.22. The van der Waals surface area contributed by atoms with Crippen molar-refractivity contribution in [2.24, 2.45) is 5.73 Å². The van der Waals surface area contributed by atoms with E-state index in [1.54, 1.807) is 4.90 Å². The third-order valence-corrected chi connectivity index (χ3v) is 4.00. The van der Waals surface area contributed by atoms with Gasteiger partial charge in [0.15, 0.2) is 0 Å². The van der Waals surface area contributed by atoms with Crippen molar-refractivity contribution >= 4 is 23.4 Å². The van der Waals surface area contributed by atoms with Crippen molar-refractivity contribution in [1.29, 1.82) is 0 Å². The summed E-state index contributed by atoms with van der Waals surface area (Å²) in [5.74, 6) is 2.34. The molecule has 0 radical (unpaired) electrons. The van der Waals surface area contributed by atoms with Crippen LogP contribution in [0.15, 0.2) is 36.4 Å². The molecule has 0 unspecified atom stereocenters. The second-order valence-corrected chi connectivity index (χ2v) is 5.82. The number of para-hydroxylation sites is 1. The van der Waals surface area contributed by atoms with E-state index in [1.165, 1.54) is 0 Å². The van der Waals surface area contributed by atoms with Gasteiger partial charge < -0.3 is 20.9 Å². The fourth-order valence-electron chi connectivity index (χ4n) is 2.81. The van der Waals surface area contributed by atoms with Crippen molar-refractivity contribution < 1.29 is 4.79 Å². The molecule has 2 aromatic rings. The van der Waals surface area contributed by atoms with E-state index in [-0.39, 0.29) is 6.03 Å². The molecular formula is C17H22N6O. The number of hydrogen-bond donors (Lipinski definition) is 2. The van der Waals surface area contributed by atoms with Crippen LogP contribution in [0, 0.1) is 6.92 Å². The summed E-state index contributed by atoms with van der Waals surface area (Å²) in [6.07, 6.45) is 0.868. The number of aryl methyl sites for hydroxylation is 1. The zero-order valence-corrected chi connectivity index (χ0v) is 13.8. The molecule has 1 aliphatic rings. The Hall–Kier alpha value is -2.83. The van der Waals surface area contributed by atoms with Gasteiger partial charge in [-0.05, 0) is 25.5 Å². The van der Waals surface area contributed by atoms with Crippen molar-refractivity contribution in [3.8, 4) is 0 Å². The second kappa shape index (κ2) is 7.16. The molecule has 1 fully saturated rings. The summed E-state index contributed by atoms with van der Waals surface area (Å²) in [4.78, 5) is 24.2. The predicted molar refractivity (Wildman–Crippen MR) is 94.5 cm³/mol. The van der Waals surface area contributed by atoms with Crippen LogP contribution in [0.1, 0.15) is 12.2 Å². The first-order valence-electron chi connectivity index (χ1n) is 8.09. The fourth-order valence-corrected chi connectivity index (χ4v) is 2.81.